The van der Waals surface area contributed by atoms with Crippen LogP contribution in [0.2, 0.25) is 0 Å². The number of hydrogen-bond donors (Lipinski definition) is 1. The van der Waals surface area contributed by atoms with Gasteiger partial charge in [-0.2, -0.15) is 0 Å². The lowest BCUT2D eigenvalue weighted by molar-refractivity contribution is 0.494. The zero-order chi connectivity index (χ0) is 11.8. The maximum atomic E-state index is 5.84. The van der Waals surface area contributed by atoms with E-state index in [2.05, 4.69) is 22.0 Å². The number of aromatic nitrogens is 1. The Hall–Kier alpha value is -1.09. The standard InChI is InChI=1S/C14H21N3/c1-10(15)11-5-6-14(16-7-11)17-8-12-3-2-4-13(12)9-17/h5-7,10,12-13H,2-4,8-9,15H2,1H3/t10-,12?,13?/m1/s1. The first kappa shape index (κ1) is 11.0. The van der Waals surface area contributed by atoms with E-state index in [0.29, 0.717) is 0 Å². The molecule has 2 aliphatic rings. The molecule has 2 unspecified atom stereocenters. The fourth-order valence-corrected chi connectivity index (χ4v) is 3.28. The number of nitrogens with zero attached hydrogens (tertiary/aromatic N) is 2. The van der Waals surface area contributed by atoms with Crippen LogP contribution in [0.1, 0.15) is 37.8 Å². The Kier molecular flexibility index (Phi) is 2.79. The molecule has 1 aromatic rings. The molecule has 0 aromatic carbocycles. The molecule has 3 rings (SSSR count). The average molecular weight is 231 g/mol. The fourth-order valence-electron chi connectivity index (χ4n) is 3.28. The van der Waals surface area contributed by atoms with E-state index in [9.17, 15) is 0 Å². The molecule has 1 aromatic heterocycles. The van der Waals surface area contributed by atoms with Gasteiger partial charge in [-0.3, -0.25) is 0 Å². The summed E-state index contributed by atoms with van der Waals surface area (Å²) in [5.41, 5.74) is 6.96. The van der Waals surface area contributed by atoms with Gasteiger partial charge in [-0.1, -0.05) is 12.5 Å². The lowest BCUT2D eigenvalue weighted by Crippen LogP contribution is -2.21. The van der Waals surface area contributed by atoms with Crippen LogP contribution in [0.15, 0.2) is 18.3 Å². The van der Waals surface area contributed by atoms with E-state index in [-0.39, 0.29) is 6.04 Å². The third-order valence-electron chi connectivity index (χ3n) is 4.35. The summed E-state index contributed by atoms with van der Waals surface area (Å²) >= 11 is 0. The summed E-state index contributed by atoms with van der Waals surface area (Å²) in [6, 6.07) is 4.32. The topological polar surface area (TPSA) is 42.1 Å². The highest BCUT2D eigenvalue weighted by atomic mass is 15.2. The van der Waals surface area contributed by atoms with Gasteiger partial charge < -0.3 is 10.6 Å². The number of anilines is 1. The monoisotopic (exact) mass is 231 g/mol. The smallest absolute Gasteiger partial charge is 0.128 e. The van der Waals surface area contributed by atoms with E-state index < -0.39 is 0 Å². The van der Waals surface area contributed by atoms with E-state index in [0.717, 1.165) is 23.2 Å². The van der Waals surface area contributed by atoms with E-state index in [4.69, 9.17) is 5.73 Å². The first-order valence-electron chi connectivity index (χ1n) is 6.70. The molecular formula is C14H21N3. The minimum Gasteiger partial charge on any atom is -0.356 e. The van der Waals surface area contributed by atoms with E-state index in [1.54, 1.807) is 0 Å². The highest BCUT2D eigenvalue weighted by molar-refractivity contribution is 5.41. The summed E-state index contributed by atoms with van der Waals surface area (Å²) in [5.74, 6) is 2.97. The molecule has 0 amide bonds. The highest BCUT2D eigenvalue weighted by Gasteiger charge is 2.36. The molecule has 2 heterocycles. The van der Waals surface area contributed by atoms with Crippen LogP contribution in [0, 0.1) is 11.8 Å². The molecule has 1 aliphatic carbocycles. The van der Waals surface area contributed by atoms with Crippen molar-refractivity contribution < 1.29 is 0 Å². The van der Waals surface area contributed by atoms with Gasteiger partial charge in [0.2, 0.25) is 0 Å². The lowest BCUT2D eigenvalue weighted by Gasteiger charge is -2.18. The van der Waals surface area contributed by atoms with Gasteiger partial charge in [-0.25, -0.2) is 4.98 Å². The van der Waals surface area contributed by atoms with Gasteiger partial charge in [-0.05, 0) is 43.2 Å². The first-order valence-corrected chi connectivity index (χ1v) is 6.70. The predicted octanol–water partition coefficient (Wildman–Crippen LogP) is 2.34. The second kappa shape index (κ2) is 4.30. The van der Waals surface area contributed by atoms with Crippen LogP contribution in [0.4, 0.5) is 5.82 Å². The van der Waals surface area contributed by atoms with Crippen molar-refractivity contribution in [2.75, 3.05) is 18.0 Å². The summed E-state index contributed by atoms with van der Waals surface area (Å²) in [6.45, 7) is 4.40. The molecule has 1 saturated heterocycles. The molecule has 3 heteroatoms. The minimum atomic E-state index is 0.0782. The molecule has 92 valence electrons. The van der Waals surface area contributed by atoms with Gasteiger partial charge in [0.25, 0.3) is 0 Å². The molecule has 2 fully saturated rings. The van der Waals surface area contributed by atoms with Gasteiger partial charge in [0.1, 0.15) is 5.82 Å². The number of fused-ring (bicyclic) bond motifs is 1. The van der Waals surface area contributed by atoms with Crippen molar-refractivity contribution >= 4 is 5.82 Å². The Bertz CT molecular complexity index is 373. The number of pyridine rings is 1. The van der Waals surface area contributed by atoms with Crippen molar-refractivity contribution in [3.05, 3.63) is 23.9 Å². The Morgan fingerprint density at radius 1 is 1.29 bits per heavy atom. The molecule has 1 saturated carbocycles. The fraction of sp³-hybridized carbons (Fsp3) is 0.643. The van der Waals surface area contributed by atoms with Crippen molar-refractivity contribution in [2.24, 2.45) is 17.6 Å². The molecule has 2 N–H and O–H groups in total. The van der Waals surface area contributed by atoms with Crippen molar-refractivity contribution in [3.8, 4) is 0 Å². The highest BCUT2D eigenvalue weighted by Crippen LogP contribution is 2.39. The SMILES string of the molecule is C[C@@H](N)c1ccc(N2CC3CCCC3C2)nc1. The van der Waals surface area contributed by atoms with E-state index in [1.165, 1.54) is 32.4 Å². The second-order valence-corrected chi connectivity index (χ2v) is 5.59. The number of nitrogens with two attached hydrogens (primary N) is 1. The van der Waals surface area contributed by atoms with Crippen molar-refractivity contribution in [1.82, 2.24) is 4.98 Å². The molecule has 3 atom stereocenters. The van der Waals surface area contributed by atoms with Crippen LogP contribution in [0.25, 0.3) is 0 Å². The lowest BCUT2D eigenvalue weighted by atomic mass is 10.0. The summed E-state index contributed by atoms with van der Waals surface area (Å²) in [4.78, 5) is 7.00. The number of hydrogen-bond acceptors (Lipinski definition) is 3. The third-order valence-corrected chi connectivity index (χ3v) is 4.35. The molecule has 1 aliphatic heterocycles. The van der Waals surface area contributed by atoms with E-state index in [1.807, 2.05) is 13.1 Å². The van der Waals surface area contributed by atoms with Gasteiger partial charge in [0.15, 0.2) is 0 Å². The Morgan fingerprint density at radius 2 is 2.00 bits per heavy atom. The van der Waals surface area contributed by atoms with Crippen molar-refractivity contribution in [3.63, 3.8) is 0 Å². The zero-order valence-electron chi connectivity index (χ0n) is 10.5. The normalized spacial score (nSPS) is 29.4. The van der Waals surface area contributed by atoms with Gasteiger partial charge >= 0.3 is 0 Å². The van der Waals surface area contributed by atoms with Crippen LogP contribution in [-0.2, 0) is 0 Å². The van der Waals surface area contributed by atoms with Crippen LogP contribution in [0.3, 0.4) is 0 Å². The Balaban J connectivity index is 1.73. The first-order chi connectivity index (χ1) is 8.24. The summed E-state index contributed by atoms with van der Waals surface area (Å²) in [6.07, 6.45) is 6.19. The maximum Gasteiger partial charge on any atom is 0.128 e. The van der Waals surface area contributed by atoms with Gasteiger partial charge in [0, 0.05) is 25.3 Å². The van der Waals surface area contributed by atoms with E-state index >= 15 is 0 Å². The van der Waals surface area contributed by atoms with Crippen molar-refractivity contribution in [1.29, 1.82) is 0 Å². The predicted molar refractivity (Wildman–Crippen MR) is 69.9 cm³/mol. The maximum absolute atomic E-state index is 5.84. The number of rotatable bonds is 2. The summed E-state index contributed by atoms with van der Waals surface area (Å²) < 4.78 is 0. The summed E-state index contributed by atoms with van der Waals surface area (Å²) in [7, 11) is 0. The summed E-state index contributed by atoms with van der Waals surface area (Å²) in [5, 5.41) is 0. The molecule has 17 heavy (non-hydrogen) atoms. The molecule has 0 bridgehead atoms. The van der Waals surface area contributed by atoms with Gasteiger partial charge in [-0.15, -0.1) is 0 Å². The molecule has 0 radical (unpaired) electrons. The Labute approximate surface area is 103 Å². The van der Waals surface area contributed by atoms with Crippen LogP contribution in [0.5, 0.6) is 0 Å². The largest absolute Gasteiger partial charge is 0.356 e. The van der Waals surface area contributed by atoms with Crippen LogP contribution in [-0.4, -0.2) is 18.1 Å². The second-order valence-electron chi connectivity index (χ2n) is 5.59. The quantitative estimate of drug-likeness (QED) is 0.849. The molecule has 3 nitrogen and oxygen atoms in total. The van der Waals surface area contributed by atoms with Crippen LogP contribution >= 0.6 is 0 Å². The van der Waals surface area contributed by atoms with Gasteiger partial charge in [0.05, 0.1) is 0 Å². The molecular weight excluding hydrogens is 210 g/mol. The average Bonchev–Trinajstić information content (AvgIpc) is 2.89. The zero-order valence-corrected chi connectivity index (χ0v) is 10.5. The minimum absolute atomic E-state index is 0.0782. The Morgan fingerprint density at radius 3 is 2.53 bits per heavy atom. The van der Waals surface area contributed by atoms with Crippen molar-refractivity contribution in [2.45, 2.75) is 32.2 Å². The van der Waals surface area contributed by atoms with Crippen LogP contribution < -0.4 is 10.6 Å². The third kappa shape index (κ3) is 2.04. The molecule has 0 spiro atoms.